The number of esters is 1. The predicted molar refractivity (Wildman–Crippen MR) is 207 cm³/mol. The van der Waals surface area contributed by atoms with Crippen LogP contribution >= 0.6 is 0 Å². The molecule has 11 heteroatoms. The first-order valence-corrected chi connectivity index (χ1v) is 18.5. The van der Waals surface area contributed by atoms with Crippen molar-refractivity contribution < 1.29 is 43.3 Å². The maximum Gasteiger partial charge on any atom is 0.407 e. The quantitative estimate of drug-likeness (QED) is 0.180. The number of hydrogen-bond acceptors (Lipinski definition) is 9. The normalized spacial score (nSPS) is 25.5. The minimum atomic E-state index is -1.05. The SMILES string of the molecule is COC1/C=C/C=C/C=C/CC(OC(=O)C(C)NC(=O)OCC2c3ccccc3-c3ccccc32)C(C)C(O)/C(C)=C\CCC2=CC(=O)C=C(NC(=O)C1)C2=O. The maximum absolute atomic E-state index is 13.4. The molecule has 5 unspecified atom stereocenters. The molecule has 0 fully saturated rings. The van der Waals surface area contributed by atoms with Crippen molar-refractivity contribution in [1.29, 1.82) is 0 Å². The first kappa shape index (κ1) is 40.5. The summed E-state index contributed by atoms with van der Waals surface area (Å²) in [5.74, 6) is -2.75. The van der Waals surface area contributed by atoms with Gasteiger partial charge in [-0.2, -0.15) is 0 Å². The van der Waals surface area contributed by atoms with Crippen molar-refractivity contribution in [2.75, 3.05) is 13.7 Å². The topological polar surface area (TPSA) is 157 Å². The minimum absolute atomic E-state index is 0.0755. The molecule has 0 radical (unpaired) electrons. The van der Waals surface area contributed by atoms with Crippen molar-refractivity contribution in [2.45, 2.75) is 76.7 Å². The lowest BCUT2D eigenvalue weighted by Crippen LogP contribution is -2.43. The Balaban J connectivity index is 1.26. The zero-order valence-corrected chi connectivity index (χ0v) is 31.5. The fraction of sp³-hybridized carbons (Fsp3) is 0.341. The van der Waals surface area contributed by atoms with E-state index in [1.54, 1.807) is 56.4 Å². The number of allylic oxidation sites excluding steroid dienone is 8. The first-order chi connectivity index (χ1) is 26.5. The van der Waals surface area contributed by atoms with E-state index in [1.165, 1.54) is 20.1 Å². The number of fused-ring (bicyclic) bond motifs is 5. The van der Waals surface area contributed by atoms with Crippen molar-refractivity contribution in [3.05, 3.63) is 131 Å². The van der Waals surface area contributed by atoms with E-state index >= 15 is 0 Å². The lowest BCUT2D eigenvalue weighted by molar-refractivity contribution is -0.155. The van der Waals surface area contributed by atoms with Crippen LogP contribution in [0.1, 0.15) is 63.5 Å². The molecule has 5 atom stereocenters. The van der Waals surface area contributed by atoms with Gasteiger partial charge in [0.2, 0.25) is 11.7 Å². The third-order valence-electron chi connectivity index (χ3n) is 10.00. The average Bonchev–Trinajstić information content (AvgIpc) is 3.49. The van der Waals surface area contributed by atoms with E-state index in [9.17, 15) is 29.1 Å². The number of ketones is 2. The zero-order chi connectivity index (χ0) is 39.5. The Bertz CT molecular complexity index is 1920. The van der Waals surface area contributed by atoms with Crippen LogP contribution in [-0.4, -0.2) is 72.7 Å². The number of aliphatic hydroxyl groups excluding tert-OH is 1. The minimum Gasteiger partial charge on any atom is -0.460 e. The van der Waals surface area contributed by atoms with Crippen LogP contribution in [0.5, 0.6) is 0 Å². The van der Waals surface area contributed by atoms with Crippen LogP contribution in [0.25, 0.3) is 11.1 Å². The van der Waals surface area contributed by atoms with E-state index in [-0.39, 0.29) is 43.1 Å². The molecule has 2 aromatic rings. The maximum atomic E-state index is 13.4. The standard InChI is InChI=1S/C44H48N2O9/c1-27-15-14-16-30-23-31(47)24-38(42(30)50)46-40(48)25-32(53-4)17-8-6-5-7-9-22-39(28(2)41(27)49)55-43(51)29(3)45-44(52)54-26-37-35-20-12-10-18-33(35)34-19-11-13-21-36(34)37/h5-13,15,17-21,23-24,28-29,32,37,39,41,49H,14,16,22,25-26H2,1-4H3,(H,45,52)(H,46,48)/b6-5+,9-7+,17-8+,27-15-. The molecule has 0 aromatic heterocycles. The number of ether oxygens (including phenoxy) is 3. The highest BCUT2D eigenvalue weighted by Crippen LogP contribution is 2.44. The van der Waals surface area contributed by atoms with Gasteiger partial charge < -0.3 is 30.0 Å². The van der Waals surface area contributed by atoms with E-state index in [0.29, 0.717) is 12.0 Å². The molecule has 55 heavy (non-hydrogen) atoms. The van der Waals surface area contributed by atoms with Gasteiger partial charge in [-0.3, -0.25) is 14.4 Å². The molecule has 1 heterocycles. The molecule has 2 aromatic carbocycles. The smallest absolute Gasteiger partial charge is 0.407 e. The highest BCUT2D eigenvalue weighted by molar-refractivity contribution is 6.21. The highest BCUT2D eigenvalue weighted by Gasteiger charge is 2.32. The van der Waals surface area contributed by atoms with Gasteiger partial charge in [0.1, 0.15) is 18.8 Å². The van der Waals surface area contributed by atoms with Gasteiger partial charge >= 0.3 is 12.1 Å². The summed E-state index contributed by atoms with van der Waals surface area (Å²) in [6.45, 7) is 5.11. The van der Waals surface area contributed by atoms with Crippen LogP contribution in [0.15, 0.2) is 120 Å². The second-order valence-corrected chi connectivity index (χ2v) is 13.9. The van der Waals surface area contributed by atoms with Gasteiger partial charge in [0.15, 0.2) is 5.78 Å². The van der Waals surface area contributed by atoms with Gasteiger partial charge in [0, 0.05) is 37.0 Å². The Morgan fingerprint density at radius 3 is 2.33 bits per heavy atom. The summed E-state index contributed by atoms with van der Waals surface area (Å²) in [4.78, 5) is 64.5. The van der Waals surface area contributed by atoms with Gasteiger partial charge in [0.05, 0.1) is 24.3 Å². The number of alkyl carbamates (subject to hydrolysis) is 1. The molecule has 5 rings (SSSR count). The fourth-order valence-electron chi connectivity index (χ4n) is 6.85. The summed E-state index contributed by atoms with van der Waals surface area (Å²) in [6.07, 6.45) is 12.1. The van der Waals surface area contributed by atoms with Crippen molar-refractivity contribution in [3.8, 4) is 11.1 Å². The van der Waals surface area contributed by atoms with E-state index < -0.39 is 59.8 Å². The molecular formula is C44H48N2O9. The number of carbonyl (C=O) groups is 5. The van der Waals surface area contributed by atoms with Crippen LogP contribution in [0.3, 0.4) is 0 Å². The second-order valence-electron chi connectivity index (χ2n) is 13.9. The van der Waals surface area contributed by atoms with Crippen LogP contribution in [0.4, 0.5) is 4.79 Å². The number of benzene rings is 2. The molecule has 11 nitrogen and oxygen atoms in total. The summed E-state index contributed by atoms with van der Waals surface area (Å²) in [5, 5.41) is 16.5. The lowest BCUT2D eigenvalue weighted by atomic mass is 9.90. The summed E-state index contributed by atoms with van der Waals surface area (Å²) in [5.41, 5.74) is 5.08. The van der Waals surface area contributed by atoms with Crippen LogP contribution in [0.2, 0.25) is 0 Å². The molecule has 3 N–H and O–H groups in total. The number of methoxy groups -OCH3 is 1. The lowest BCUT2D eigenvalue weighted by Gasteiger charge is -2.29. The molecule has 3 aliphatic rings. The zero-order valence-electron chi connectivity index (χ0n) is 31.5. The number of aliphatic hydroxyl groups is 1. The number of amides is 2. The summed E-state index contributed by atoms with van der Waals surface area (Å²) >= 11 is 0. The average molecular weight is 749 g/mol. The Labute approximate surface area is 321 Å². The number of carbonyl (C=O) groups excluding carboxylic acids is 5. The number of Topliss-reactive ketones (excluding diaryl/α,β-unsaturated/α-hetero) is 1. The number of nitrogens with one attached hydrogen (secondary N) is 2. The van der Waals surface area contributed by atoms with Gasteiger partial charge in [0.25, 0.3) is 0 Å². The Kier molecular flexibility index (Phi) is 14.1. The molecule has 0 saturated carbocycles. The monoisotopic (exact) mass is 748 g/mol. The largest absolute Gasteiger partial charge is 0.460 e. The summed E-state index contributed by atoms with van der Waals surface area (Å²) in [7, 11) is 1.46. The summed E-state index contributed by atoms with van der Waals surface area (Å²) in [6, 6.07) is 15.0. The Morgan fingerprint density at radius 1 is 0.964 bits per heavy atom. The van der Waals surface area contributed by atoms with Crippen LogP contribution in [-0.2, 0) is 33.4 Å². The van der Waals surface area contributed by atoms with Crippen LogP contribution in [0, 0.1) is 5.92 Å². The van der Waals surface area contributed by atoms with Gasteiger partial charge in [-0.15, -0.1) is 0 Å². The molecule has 288 valence electrons. The van der Waals surface area contributed by atoms with E-state index in [2.05, 4.69) is 22.8 Å². The molecule has 2 amide bonds. The first-order valence-electron chi connectivity index (χ1n) is 18.5. The molecule has 0 saturated heterocycles. The number of hydrogen-bond donors (Lipinski definition) is 3. The third-order valence-corrected chi connectivity index (χ3v) is 10.00. The summed E-state index contributed by atoms with van der Waals surface area (Å²) < 4.78 is 16.9. The fourth-order valence-corrected chi connectivity index (χ4v) is 6.85. The molecule has 0 spiro atoms. The van der Waals surface area contributed by atoms with E-state index in [0.717, 1.165) is 28.3 Å². The highest BCUT2D eigenvalue weighted by atomic mass is 16.6. The second kappa shape index (κ2) is 19.1. The Hall–Kier alpha value is -5.65. The van der Waals surface area contributed by atoms with Crippen molar-refractivity contribution in [1.82, 2.24) is 10.6 Å². The molecule has 1 aliphatic heterocycles. The molecule has 2 aliphatic carbocycles. The predicted octanol–water partition coefficient (Wildman–Crippen LogP) is 6.10. The third kappa shape index (κ3) is 10.5. The Morgan fingerprint density at radius 2 is 1.64 bits per heavy atom. The van der Waals surface area contributed by atoms with E-state index in [1.807, 2.05) is 36.4 Å². The number of rotatable bonds is 6. The van der Waals surface area contributed by atoms with Gasteiger partial charge in [-0.05, 0) is 60.6 Å². The van der Waals surface area contributed by atoms with E-state index in [4.69, 9.17) is 14.2 Å². The van der Waals surface area contributed by atoms with Crippen LogP contribution < -0.4 is 10.6 Å². The van der Waals surface area contributed by atoms with Crippen molar-refractivity contribution >= 4 is 29.5 Å². The molecular weight excluding hydrogens is 700 g/mol. The molecule has 2 bridgehead atoms. The van der Waals surface area contributed by atoms with Gasteiger partial charge in [-0.25, -0.2) is 9.59 Å². The van der Waals surface area contributed by atoms with Gasteiger partial charge in [-0.1, -0.05) is 98.0 Å². The van der Waals surface area contributed by atoms with Crippen molar-refractivity contribution in [2.24, 2.45) is 5.92 Å². The van der Waals surface area contributed by atoms with Crippen molar-refractivity contribution in [3.63, 3.8) is 0 Å².